The highest BCUT2D eigenvalue weighted by Crippen LogP contribution is 2.25. The van der Waals surface area contributed by atoms with Crippen molar-refractivity contribution in [3.8, 4) is 0 Å². The molecule has 3 amide bonds. The van der Waals surface area contributed by atoms with Crippen molar-refractivity contribution in [1.29, 1.82) is 0 Å². The van der Waals surface area contributed by atoms with E-state index >= 15 is 0 Å². The lowest BCUT2D eigenvalue weighted by Crippen LogP contribution is -2.34. The van der Waals surface area contributed by atoms with Crippen LogP contribution in [0.2, 0.25) is 5.02 Å². The lowest BCUT2D eigenvalue weighted by molar-refractivity contribution is 0.0651. The molecule has 0 aromatic heterocycles. The number of halogens is 3. The number of hydrogen-bond acceptors (Lipinski definition) is 3. The molecular weight excluding hydrogens is 450 g/mol. The molecule has 0 spiro atoms. The van der Waals surface area contributed by atoms with Gasteiger partial charge in [-0.25, -0.2) is 8.78 Å². The maximum Gasteiger partial charge on any atom is 0.261 e. The molecule has 3 aromatic rings. The maximum atomic E-state index is 14.5. The van der Waals surface area contributed by atoms with E-state index in [9.17, 15) is 23.2 Å². The number of anilines is 1. The Morgan fingerprint density at radius 1 is 0.879 bits per heavy atom. The average Bonchev–Trinajstić information content (AvgIpc) is 3.05. The van der Waals surface area contributed by atoms with Crippen molar-refractivity contribution in [3.05, 3.63) is 100 Å². The number of fused-ring (bicyclic) bond motifs is 1. The Morgan fingerprint density at radius 3 is 2.12 bits per heavy atom. The van der Waals surface area contributed by atoms with Gasteiger partial charge in [0.2, 0.25) is 0 Å². The number of carbonyl (C=O) groups is 3. The number of hydrogen-bond donors (Lipinski definition) is 0. The van der Waals surface area contributed by atoms with Crippen molar-refractivity contribution in [2.24, 2.45) is 0 Å². The zero-order chi connectivity index (χ0) is 23.5. The van der Waals surface area contributed by atoms with E-state index in [0.29, 0.717) is 34.6 Å². The lowest BCUT2D eigenvalue weighted by atomic mass is 10.1. The van der Waals surface area contributed by atoms with Gasteiger partial charge in [0.1, 0.15) is 11.6 Å². The second-order valence-corrected chi connectivity index (χ2v) is 8.01. The molecule has 0 saturated heterocycles. The third-order valence-corrected chi connectivity index (χ3v) is 5.68. The second kappa shape index (κ2) is 9.50. The van der Waals surface area contributed by atoms with Crippen LogP contribution in [0.4, 0.5) is 14.5 Å². The molecule has 1 aliphatic heterocycles. The molecule has 1 aliphatic rings. The molecule has 4 rings (SSSR count). The van der Waals surface area contributed by atoms with Gasteiger partial charge in [-0.1, -0.05) is 23.7 Å². The van der Waals surface area contributed by atoms with E-state index in [1.54, 1.807) is 36.4 Å². The van der Waals surface area contributed by atoms with E-state index in [2.05, 4.69) is 0 Å². The molecule has 168 valence electrons. The average molecular weight is 469 g/mol. The first-order valence-electron chi connectivity index (χ1n) is 10.3. The first kappa shape index (κ1) is 22.6. The summed E-state index contributed by atoms with van der Waals surface area (Å²) < 4.78 is 27.9. The highest BCUT2D eigenvalue weighted by atomic mass is 35.5. The van der Waals surface area contributed by atoms with Crippen LogP contribution in [0, 0.1) is 11.6 Å². The summed E-state index contributed by atoms with van der Waals surface area (Å²) in [5.41, 5.74) is 0.978. The summed E-state index contributed by atoms with van der Waals surface area (Å²) in [4.78, 5) is 40.5. The number of unbranched alkanes of at least 4 members (excludes halogenated alkanes) is 1. The number of benzene rings is 3. The minimum atomic E-state index is -0.863. The van der Waals surface area contributed by atoms with Crippen molar-refractivity contribution in [3.63, 3.8) is 0 Å². The van der Waals surface area contributed by atoms with Gasteiger partial charge in [-0.05, 0) is 61.4 Å². The first-order valence-corrected chi connectivity index (χ1v) is 10.7. The first-order chi connectivity index (χ1) is 15.9. The van der Waals surface area contributed by atoms with Crippen LogP contribution in [0.3, 0.4) is 0 Å². The van der Waals surface area contributed by atoms with E-state index in [-0.39, 0.29) is 30.6 Å². The second-order valence-electron chi connectivity index (χ2n) is 7.57. The number of nitrogens with zero attached hydrogens (tertiary/aromatic N) is 2. The van der Waals surface area contributed by atoms with Crippen LogP contribution in [-0.4, -0.2) is 35.7 Å². The Labute approximate surface area is 194 Å². The van der Waals surface area contributed by atoms with Crippen molar-refractivity contribution in [1.82, 2.24) is 4.90 Å². The van der Waals surface area contributed by atoms with Crippen molar-refractivity contribution in [2.75, 3.05) is 18.0 Å². The Balaban J connectivity index is 1.47. The summed E-state index contributed by atoms with van der Waals surface area (Å²) >= 11 is 5.89. The number of imide groups is 1. The number of carbonyl (C=O) groups excluding carboxylic acids is 3. The normalized spacial score (nSPS) is 12.8. The summed E-state index contributed by atoms with van der Waals surface area (Å²) in [6, 6.07) is 15.8. The summed E-state index contributed by atoms with van der Waals surface area (Å²) in [5.74, 6) is -2.79. The monoisotopic (exact) mass is 468 g/mol. The Bertz CT molecular complexity index is 1200. The van der Waals surface area contributed by atoms with Gasteiger partial charge in [-0.15, -0.1) is 0 Å². The van der Waals surface area contributed by atoms with E-state index in [1.165, 1.54) is 28.0 Å². The molecule has 0 radical (unpaired) electrons. The molecule has 8 heteroatoms. The highest BCUT2D eigenvalue weighted by molar-refractivity contribution is 6.30. The molecule has 1 heterocycles. The molecule has 0 atom stereocenters. The molecule has 33 heavy (non-hydrogen) atoms. The fraction of sp³-hybridized carbons (Fsp3) is 0.160. The van der Waals surface area contributed by atoms with Crippen molar-refractivity contribution in [2.45, 2.75) is 12.8 Å². The van der Waals surface area contributed by atoms with Gasteiger partial charge in [0.25, 0.3) is 17.7 Å². The molecule has 0 bridgehead atoms. The fourth-order valence-corrected chi connectivity index (χ4v) is 3.89. The minimum Gasteiger partial charge on any atom is -0.306 e. The van der Waals surface area contributed by atoms with Gasteiger partial charge in [0, 0.05) is 29.7 Å². The van der Waals surface area contributed by atoms with Gasteiger partial charge in [-0.3, -0.25) is 19.3 Å². The summed E-state index contributed by atoms with van der Waals surface area (Å²) in [6.07, 6.45) is 0.780. The third-order valence-electron chi connectivity index (χ3n) is 5.43. The molecule has 0 saturated carbocycles. The number of amides is 3. The Hall–Kier alpha value is -3.58. The standard InChI is InChI=1S/C25H19ClF2N2O3/c26-17-9-7-16(8-10-17)23(31)29(22-12-11-18(27)15-21(22)28)13-3-4-14-30-24(32)19-5-1-2-6-20(19)25(30)33/h1-2,5-12,15H,3-4,13-14H2. The predicted octanol–water partition coefficient (Wildman–Crippen LogP) is 5.34. The molecule has 0 N–H and O–H groups in total. The van der Waals surface area contributed by atoms with Crippen LogP contribution >= 0.6 is 11.6 Å². The Kier molecular flexibility index (Phi) is 6.51. The molecule has 0 fully saturated rings. The van der Waals surface area contributed by atoms with E-state index in [4.69, 9.17) is 11.6 Å². The zero-order valence-electron chi connectivity index (χ0n) is 17.4. The van der Waals surface area contributed by atoms with E-state index in [0.717, 1.165) is 12.1 Å². The summed E-state index contributed by atoms with van der Waals surface area (Å²) in [7, 11) is 0. The van der Waals surface area contributed by atoms with Crippen LogP contribution in [0.1, 0.15) is 43.9 Å². The van der Waals surface area contributed by atoms with Gasteiger partial charge in [-0.2, -0.15) is 0 Å². The van der Waals surface area contributed by atoms with Crippen LogP contribution in [0.25, 0.3) is 0 Å². The van der Waals surface area contributed by atoms with Gasteiger partial charge in [0.15, 0.2) is 0 Å². The maximum absolute atomic E-state index is 14.5. The summed E-state index contributed by atoms with van der Waals surface area (Å²) in [6.45, 7) is 0.272. The zero-order valence-corrected chi connectivity index (χ0v) is 18.2. The SMILES string of the molecule is O=C1c2ccccc2C(=O)N1CCCCN(C(=O)c1ccc(Cl)cc1)c1ccc(F)cc1F. The topological polar surface area (TPSA) is 57.7 Å². The van der Waals surface area contributed by atoms with Crippen LogP contribution in [0.5, 0.6) is 0 Å². The van der Waals surface area contributed by atoms with Gasteiger partial charge >= 0.3 is 0 Å². The Morgan fingerprint density at radius 2 is 1.52 bits per heavy atom. The number of rotatable bonds is 7. The fourth-order valence-electron chi connectivity index (χ4n) is 3.76. The smallest absolute Gasteiger partial charge is 0.261 e. The van der Waals surface area contributed by atoms with Crippen molar-refractivity contribution >= 4 is 35.0 Å². The predicted molar refractivity (Wildman–Crippen MR) is 121 cm³/mol. The van der Waals surface area contributed by atoms with E-state index in [1.807, 2.05) is 0 Å². The van der Waals surface area contributed by atoms with E-state index < -0.39 is 17.5 Å². The van der Waals surface area contributed by atoms with Crippen molar-refractivity contribution < 1.29 is 23.2 Å². The lowest BCUT2D eigenvalue weighted by Gasteiger charge is -2.24. The molecule has 5 nitrogen and oxygen atoms in total. The van der Waals surface area contributed by atoms with Gasteiger partial charge in [0.05, 0.1) is 16.8 Å². The molecule has 3 aromatic carbocycles. The quantitative estimate of drug-likeness (QED) is 0.347. The molecular formula is C25H19ClF2N2O3. The van der Waals surface area contributed by atoms with Gasteiger partial charge < -0.3 is 4.90 Å². The third kappa shape index (κ3) is 4.64. The largest absolute Gasteiger partial charge is 0.306 e. The highest BCUT2D eigenvalue weighted by Gasteiger charge is 2.34. The van der Waals surface area contributed by atoms with Crippen LogP contribution in [-0.2, 0) is 0 Å². The van der Waals surface area contributed by atoms with Crippen LogP contribution in [0.15, 0.2) is 66.7 Å². The van der Waals surface area contributed by atoms with Crippen LogP contribution < -0.4 is 4.90 Å². The minimum absolute atomic E-state index is 0.0583. The molecule has 0 aliphatic carbocycles. The summed E-state index contributed by atoms with van der Waals surface area (Å²) in [5, 5.41) is 0.451. The molecule has 0 unspecified atom stereocenters.